The molecule has 0 aliphatic carbocycles. The molecule has 0 amide bonds. The van der Waals surface area contributed by atoms with Crippen molar-refractivity contribution >= 4 is 23.5 Å². The van der Waals surface area contributed by atoms with E-state index in [0.29, 0.717) is 5.03 Å². The van der Waals surface area contributed by atoms with Crippen LogP contribution in [0, 0.1) is 11.3 Å². The van der Waals surface area contributed by atoms with Gasteiger partial charge < -0.3 is 9.84 Å². The number of carbonyl (C=O) groups is 2. The highest BCUT2D eigenvalue weighted by Crippen LogP contribution is 2.31. The lowest BCUT2D eigenvalue weighted by Crippen LogP contribution is -2.10. The summed E-state index contributed by atoms with van der Waals surface area (Å²) < 4.78 is 4.78. The molecule has 1 aromatic heterocycles. The second-order valence-corrected chi connectivity index (χ2v) is 6.05. The van der Waals surface area contributed by atoms with Crippen LogP contribution < -0.4 is 0 Å². The summed E-state index contributed by atoms with van der Waals surface area (Å²) in [7, 11) is 0. The van der Waals surface area contributed by atoms with Gasteiger partial charge in [-0.3, -0.25) is 9.59 Å². The van der Waals surface area contributed by atoms with Crippen molar-refractivity contribution in [1.29, 1.82) is 5.26 Å². The number of nitrogens with zero attached hydrogens (tertiary/aromatic N) is 2. The highest BCUT2D eigenvalue weighted by atomic mass is 32.2. The van der Waals surface area contributed by atoms with Gasteiger partial charge in [-0.1, -0.05) is 30.0 Å². The lowest BCUT2D eigenvalue weighted by atomic mass is 10.1. The third-order valence-electron chi connectivity index (χ3n) is 3.18. The minimum Gasteiger partial charge on any atom is -0.504 e. The van der Waals surface area contributed by atoms with Gasteiger partial charge in [0.15, 0.2) is 17.2 Å². The van der Waals surface area contributed by atoms with E-state index in [2.05, 4.69) is 4.98 Å². The summed E-state index contributed by atoms with van der Waals surface area (Å²) in [4.78, 5) is 28.7. The highest BCUT2D eigenvalue weighted by molar-refractivity contribution is 7.99. The van der Waals surface area contributed by atoms with Gasteiger partial charge in [-0.05, 0) is 25.1 Å². The Bertz CT molecular complexity index is 816. The second-order valence-electron chi connectivity index (χ2n) is 4.96. The molecule has 0 saturated carbocycles. The van der Waals surface area contributed by atoms with Crippen LogP contribution in [0.25, 0.3) is 0 Å². The Morgan fingerprint density at radius 2 is 2.00 bits per heavy atom. The fraction of sp³-hybridized carbons (Fsp3) is 0.222. The van der Waals surface area contributed by atoms with Gasteiger partial charge >= 0.3 is 5.97 Å². The van der Waals surface area contributed by atoms with Gasteiger partial charge in [-0.2, -0.15) is 5.26 Å². The number of hydrogen-bond donors (Lipinski definition) is 1. The average molecular weight is 356 g/mol. The van der Waals surface area contributed by atoms with E-state index in [0.717, 1.165) is 4.90 Å². The summed E-state index contributed by atoms with van der Waals surface area (Å²) in [6.45, 7) is 1.91. The molecule has 0 aliphatic rings. The molecule has 6 nitrogen and oxygen atoms in total. The first-order chi connectivity index (χ1) is 12.0. The first-order valence-corrected chi connectivity index (χ1v) is 8.42. The maximum absolute atomic E-state index is 12.3. The van der Waals surface area contributed by atoms with Crippen molar-refractivity contribution in [2.45, 2.75) is 29.7 Å². The van der Waals surface area contributed by atoms with Crippen molar-refractivity contribution in [3.8, 4) is 11.8 Å². The van der Waals surface area contributed by atoms with Gasteiger partial charge in [0, 0.05) is 11.3 Å². The van der Waals surface area contributed by atoms with Crippen LogP contribution in [0.5, 0.6) is 5.75 Å². The zero-order valence-corrected chi connectivity index (χ0v) is 14.4. The van der Waals surface area contributed by atoms with Crippen LogP contribution in [-0.4, -0.2) is 28.4 Å². The lowest BCUT2D eigenvalue weighted by Gasteiger charge is -2.08. The Labute approximate surface area is 149 Å². The van der Waals surface area contributed by atoms with E-state index in [1.165, 1.54) is 17.8 Å². The summed E-state index contributed by atoms with van der Waals surface area (Å²) in [5, 5.41) is 19.7. The standard InChI is InChI=1S/C18H16N2O4S/c1-2-24-16(22)9-8-14(21)17-18(23)12(11-19)10-15(20-17)25-13-6-4-3-5-7-13/h3-7,10,23H,2,8-9H2,1H3. The number of rotatable bonds is 7. The average Bonchev–Trinajstić information content (AvgIpc) is 2.62. The predicted molar refractivity (Wildman–Crippen MR) is 91.4 cm³/mol. The third-order valence-corrected chi connectivity index (χ3v) is 4.11. The minimum atomic E-state index is -0.516. The van der Waals surface area contributed by atoms with Crippen molar-refractivity contribution in [2.75, 3.05) is 6.61 Å². The van der Waals surface area contributed by atoms with Gasteiger partial charge in [-0.25, -0.2) is 4.98 Å². The summed E-state index contributed by atoms with van der Waals surface area (Å²) in [5.74, 6) is -1.48. The largest absolute Gasteiger partial charge is 0.504 e. The van der Waals surface area contributed by atoms with Crippen molar-refractivity contribution < 1.29 is 19.4 Å². The number of hydrogen-bond acceptors (Lipinski definition) is 7. The van der Waals surface area contributed by atoms with E-state index in [1.54, 1.807) is 6.92 Å². The number of pyridine rings is 1. The number of aromatic nitrogens is 1. The van der Waals surface area contributed by atoms with Gasteiger partial charge in [0.2, 0.25) is 0 Å². The monoisotopic (exact) mass is 356 g/mol. The topological polar surface area (TPSA) is 100 Å². The SMILES string of the molecule is CCOC(=O)CCC(=O)c1nc(Sc2ccccc2)cc(C#N)c1O. The maximum atomic E-state index is 12.3. The van der Waals surface area contributed by atoms with Gasteiger partial charge in [0.25, 0.3) is 0 Å². The summed E-state index contributed by atoms with van der Waals surface area (Å²) in [6.07, 6.45) is -0.255. The van der Waals surface area contributed by atoms with Crippen LogP contribution in [0.4, 0.5) is 0 Å². The van der Waals surface area contributed by atoms with E-state index in [4.69, 9.17) is 4.74 Å². The normalized spacial score (nSPS) is 10.1. The van der Waals surface area contributed by atoms with E-state index >= 15 is 0 Å². The molecule has 1 aromatic carbocycles. The quantitative estimate of drug-likeness (QED) is 0.600. The van der Waals surface area contributed by atoms with Crippen LogP contribution in [0.3, 0.4) is 0 Å². The molecule has 128 valence electrons. The Balaban J connectivity index is 2.24. The number of nitriles is 1. The fourth-order valence-electron chi connectivity index (χ4n) is 2.02. The molecule has 0 fully saturated rings. The predicted octanol–water partition coefficient (Wildman–Crippen LogP) is 3.34. The van der Waals surface area contributed by atoms with Crippen molar-refractivity contribution in [1.82, 2.24) is 4.98 Å². The van der Waals surface area contributed by atoms with Gasteiger partial charge in [0.05, 0.1) is 18.6 Å². The highest BCUT2D eigenvalue weighted by Gasteiger charge is 2.20. The molecular formula is C18H16N2O4S. The maximum Gasteiger partial charge on any atom is 0.306 e. The molecule has 0 bridgehead atoms. The number of esters is 1. The number of aromatic hydroxyl groups is 1. The molecule has 0 unspecified atom stereocenters. The molecule has 0 radical (unpaired) electrons. The first-order valence-electron chi connectivity index (χ1n) is 7.61. The molecule has 2 aromatic rings. The van der Waals surface area contributed by atoms with Crippen molar-refractivity contribution in [2.24, 2.45) is 0 Å². The molecule has 0 aliphatic heterocycles. The van der Waals surface area contributed by atoms with E-state index in [1.807, 2.05) is 36.4 Å². The smallest absolute Gasteiger partial charge is 0.306 e. The van der Waals surface area contributed by atoms with E-state index < -0.39 is 17.5 Å². The van der Waals surface area contributed by atoms with Gasteiger partial charge in [-0.15, -0.1) is 0 Å². The van der Waals surface area contributed by atoms with Crippen molar-refractivity contribution in [3.05, 3.63) is 47.7 Å². The van der Waals surface area contributed by atoms with Crippen LogP contribution in [0.15, 0.2) is 46.3 Å². The molecule has 0 saturated heterocycles. The molecule has 25 heavy (non-hydrogen) atoms. The minimum absolute atomic E-state index is 0.0343. The molecule has 1 N–H and O–H groups in total. The van der Waals surface area contributed by atoms with E-state index in [-0.39, 0.29) is 30.7 Å². The Kier molecular flexibility index (Phi) is 6.54. The van der Waals surface area contributed by atoms with E-state index in [9.17, 15) is 20.0 Å². The lowest BCUT2D eigenvalue weighted by molar-refractivity contribution is -0.143. The van der Waals surface area contributed by atoms with Crippen LogP contribution in [-0.2, 0) is 9.53 Å². The number of carbonyl (C=O) groups excluding carboxylic acids is 2. The first kappa shape index (κ1) is 18.5. The number of ether oxygens (including phenoxy) is 1. The Morgan fingerprint density at radius 3 is 2.64 bits per heavy atom. The molecule has 7 heteroatoms. The molecule has 0 spiro atoms. The fourth-order valence-corrected chi connectivity index (χ4v) is 2.87. The summed E-state index contributed by atoms with van der Waals surface area (Å²) in [6, 6.07) is 12.6. The molecule has 2 rings (SSSR count). The number of ketones is 1. The zero-order chi connectivity index (χ0) is 18.2. The number of Topliss-reactive ketones (excluding diaryl/α,β-unsaturated/α-hetero) is 1. The number of benzene rings is 1. The third kappa shape index (κ3) is 5.06. The molecular weight excluding hydrogens is 340 g/mol. The van der Waals surface area contributed by atoms with Crippen LogP contribution >= 0.6 is 11.8 Å². The Morgan fingerprint density at radius 1 is 1.28 bits per heavy atom. The zero-order valence-electron chi connectivity index (χ0n) is 13.6. The van der Waals surface area contributed by atoms with Gasteiger partial charge in [0.1, 0.15) is 11.1 Å². The van der Waals surface area contributed by atoms with Crippen LogP contribution in [0.2, 0.25) is 0 Å². The molecule has 0 atom stereocenters. The summed E-state index contributed by atoms with van der Waals surface area (Å²) in [5.41, 5.74) is -0.241. The summed E-state index contributed by atoms with van der Waals surface area (Å²) >= 11 is 1.27. The van der Waals surface area contributed by atoms with Crippen LogP contribution in [0.1, 0.15) is 35.8 Å². The molecule has 1 heterocycles. The van der Waals surface area contributed by atoms with Crippen molar-refractivity contribution in [3.63, 3.8) is 0 Å². The second kappa shape index (κ2) is 8.85. The Hall–Kier alpha value is -2.85.